The molecule has 0 heterocycles. The Balaban J connectivity index is 1.78. The van der Waals surface area contributed by atoms with Gasteiger partial charge in [0.25, 0.3) is 0 Å². The van der Waals surface area contributed by atoms with Gasteiger partial charge in [-0.25, -0.2) is 0 Å². The molecule has 0 radical (unpaired) electrons. The summed E-state index contributed by atoms with van der Waals surface area (Å²) in [7, 11) is -2.14. The van der Waals surface area contributed by atoms with Crippen molar-refractivity contribution in [2.24, 2.45) is 0 Å². The Morgan fingerprint density at radius 1 is 0.750 bits per heavy atom. The first kappa shape index (κ1) is 18.4. The molecule has 0 amide bonds. The van der Waals surface area contributed by atoms with Gasteiger partial charge in [0.05, 0.1) is 0 Å². The summed E-state index contributed by atoms with van der Waals surface area (Å²) in [6.45, 7) is 3.97. The SMILES string of the molecule is Cc1cc2ccccc2c(C)c1C(=O)c1cccc([PH](=O)c2ccccc2)c1. The Bertz CT molecular complexity index is 1210. The average Bonchev–Trinajstić information content (AvgIpc) is 2.74. The highest BCUT2D eigenvalue weighted by Crippen LogP contribution is 2.28. The number of hydrogen-bond acceptors (Lipinski definition) is 2. The topological polar surface area (TPSA) is 34.1 Å². The molecule has 3 heteroatoms. The van der Waals surface area contributed by atoms with Crippen molar-refractivity contribution in [2.75, 3.05) is 0 Å². The number of fused-ring (bicyclic) bond motifs is 1. The lowest BCUT2D eigenvalue weighted by molar-refractivity contribution is 0.103. The lowest BCUT2D eigenvalue weighted by atomic mass is 9.90. The molecule has 138 valence electrons. The minimum atomic E-state index is -2.14. The van der Waals surface area contributed by atoms with Crippen LogP contribution in [0.5, 0.6) is 0 Å². The Hall–Kier alpha value is -2.96. The summed E-state index contributed by atoms with van der Waals surface area (Å²) in [6, 6.07) is 26.8. The molecule has 0 aliphatic carbocycles. The van der Waals surface area contributed by atoms with Crippen LogP contribution < -0.4 is 10.6 Å². The van der Waals surface area contributed by atoms with Gasteiger partial charge in [-0.2, -0.15) is 0 Å². The fourth-order valence-corrected chi connectivity index (χ4v) is 5.11. The van der Waals surface area contributed by atoms with Crippen LogP contribution in [0.1, 0.15) is 27.0 Å². The van der Waals surface area contributed by atoms with Gasteiger partial charge in [0.2, 0.25) is 0 Å². The molecule has 1 atom stereocenters. The normalized spacial score (nSPS) is 12.1. The van der Waals surface area contributed by atoms with Gasteiger partial charge in [-0.3, -0.25) is 4.79 Å². The predicted octanol–water partition coefficient (Wildman–Crippen LogP) is 5.20. The highest BCUT2D eigenvalue weighted by atomic mass is 31.1. The summed E-state index contributed by atoms with van der Waals surface area (Å²) in [5, 5.41) is 3.73. The Kier molecular flexibility index (Phi) is 4.98. The van der Waals surface area contributed by atoms with E-state index in [1.807, 2.05) is 74.5 Å². The van der Waals surface area contributed by atoms with E-state index in [0.29, 0.717) is 10.9 Å². The van der Waals surface area contributed by atoms with E-state index in [-0.39, 0.29) is 5.78 Å². The molecule has 0 saturated heterocycles. The molecule has 0 aromatic heterocycles. The van der Waals surface area contributed by atoms with E-state index in [2.05, 4.69) is 12.1 Å². The van der Waals surface area contributed by atoms with Crippen molar-refractivity contribution < 1.29 is 9.36 Å². The smallest absolute Gasteiger partial charge is 0.193 e. The molecule has 0 aliphatic rings. The molecular weight excluding hydrogens is 363 g/mol. The maximum absolute atomic E-state index is 13.4. The number of benzene rings is 4. The number of carbonyl (C=O) groups is 1. The van der Waals surface area contributed by atoms with E-state index >= 15 is 0 Å². The van der Waals surface area contributed by atoms with Crippen LogP contribution in [-0.2, 0) is 4.57 Å². The lowest BCUT2D eigenvalue weighted by Crippen LogP contribution is -2.11. The molecule has 4 rings (SSSR count). The predicted molar refractivity (Wildman–Crippen MR) is 118 cm³/mol. The highest BCUT2D eigenvalue weighted by molar-refractivity contribution is 7.61. The van der Waals surface area contributed by atoms with Crippen LogP contribution in [0.15, 0.2) is 84.9 Å². The minimum absolute atomic E-state index is 0.0227. The van der Waals surface area contributed by atoms with Gasteiger partial charge in [-0.05, 0) is 41.8 Å². The van der Waals surface area contributed by atoms with Gasteiger partial charge in [0.1, 0.15) is 7.80 Å². The number of carbonyl (C=O) groups excluding carboxylic acids is 1. The molecule has 28 heavy (non-hydrogen) atoms. The second-order valence-corrected chi connectivity index (χ2v) is 8.83. The molecule has 0 saturated carbocycles. The fraction of sp³-hybridized carbons (Fsp3) is 0.0800. The summed E-state index contributed by atoms with van der Waals surface area (Å²) in [5.41, 5.74) is 3.26. The molecule has 4 aromatic carbocycles. The average molecular weight is 384 g/mol. The molecule has 2 nitrogen and oxygen atoms in total. The van der Waals surface area contributed by atoms with Crippen molar-refractivity contribution in [3.05, 3.63) is 107 Å². The maximum Gasteiger partial charge on any atom is 0.193 e. The molecule has 0 bridgehead atoms. The zero-order valence-electron chi connectivity index (χ0n) is 15.9. The lowest BCUT2D eigenvalue weighted by Gasteiger charge is -2.13. The van der Waals surface area contributed by atoms with Crippen LogP contribution >= 0.6 is 7.80 Å². The van der Waals surface area contributed by atoms with Crippen molar-refractivity contribution in [1.82, 2.24) is 0 Å². The van der Waals surface area contributed by atoms with E-state index in [9.17, 15) is 9.36 Å². The van der Waals surface area contributed by atoms with Gasteiger partial charge in [-0.1, -0.05) is 78.9 Å². The van der Waals surface area contributed by atoms with Gasteiger partial charge in [0.15, 0.2) is 5.78 Å². The van der Waals surface area contributed by atoms with Gasteiger partial charge >= 0.3 is 0 Å². The van der Waals surface area contributed by atoms with E-state index in [4.69, 9.17) is 0 Å². The van der Waals surface area contributed by atoms with Crippen LogP contribution in [0.25, 0.3) is 10.8 Å². The van der Waals surface area contributed by atoms with Crippen LogP contribution in [0.3, 0.4) is 0 Å². The number of aryl methyl sites for hydroxylation is 2. The summed E-state index contributed by atoms with van der Waals surface area (Å²) >= 11 is 0. The zero-order valence-corrected chi connectivity index (χ0v) is 16.9. The molecule has 4 aromatic rings. The van der Waals surface area contributed by atoms with E-state index < -0.39 is 7.80 Å². The van der Waals surface area contributed by atoms with Crippen LogP contribution in [-0.4, -0.2) is 5.78 Å². The summed E-state index contributed by atoms with van der Waals surface area (Å²) in [5.74, 6) is -0.0227. The van der Waals surface area contributed by atoms with E-state index in [1.165, 1.54) is 0 Å². The zero-order chi connectivity index (χ0) is 19.7. The Morgan fingerprint density at radius 2 is 1.43 bits per heavy atom. The molecule has 0 fully saturated rings. The van der Waals surface area contributed by atoms with E-state index in [1.54, 1.807) is 12.1 Å². The van der Waals surface area contributed by atoms with Crippen molar-refractivity contribution in [3.63, 3.8) is 0 Å². The first-order valence-electron chi connectivity index (χ1n) is 9.29. The summed E-state index contributed by atoms with van der Waals surface area (Å²) in [6.07, 6.45) is 0. The maximum atomic E-state index is 13.4. The van der Waals surface area contributed by atoms with E-state index in [0.717, 1.165) is 32.8 Å². The van der Waals surface area contributed by atoms with Crippen molar-refractivity contribution in [2.45, 2.75) is 13.8 Å². The highest BCUT2D eigenvalue weighted by Gasteiger charge is 2.18. The van der Waals surface area contributed by atoms with Gasteiger partial charge in [-0.15, -0.1) is 0 Å². The molecule has 0 aliphatic heterocycles. The minimum Gasteiger partial charge on any atom is -0.317 e. The molecule has 1 unspecified atom stereocenters. The monoisotopic (exact) mass is 384 g/mol. The van der Waals surface area contributed by atoms with Gasteiger partial charge in [0, 0.05) is 21.7 Å². The quantitative estimate of drug-likeness (QED) is 0.358. The van der Waals surface area contributed by atoms with Crippen LogP contribution in [0, 0.1) is 13.8 Å². The van der Waals surface area contributed by atoms with Crippen molar-refractivity contribution >= 4 is 35.0 Å². The second-order valence-electron chi connectivity index (χ2n) is 7.02. The molecule has 0 N–H and O–H groups in total. The summed E-state index contributed by atoms with van der Waals surface area (Å²) < 4.78 is 12.9. The fourth-order valence-electron chi connectivity index (χ4n) is 3.75. The van der Waals surface area contributed by atoms with Crippen molar-refractivity contribution in [1.29, 1.82) is 0 Å². The second kappa shape index (κ2) is 7.58. The largest absolute Gasteiger partial charge is 0.317 e. The first-order chi connectivity index (χ1) is 13.6. The first-order valence-corrected chi connectivity index (χ1v) is 10.7. The van der Waals surface area contributed by atoms with Crippen LogP contribution in [0.4, 0.5) is 0 Å². The van der Waals surface area contributed by atoms with Gasteiger partial charge < -0.3 is 4.57 Å². The Labute approximate surface area is 165 Å². The third-order valence-electron chi connectivity index (χ3n) is 5.16. The van der Waals surface area contributed by atoms with Crippen molar-refractivity contribution in [3.8, 4) is 0 Å². The third kappa shape index (κ3) is 3.32. The molecule has 0 spiro atoms. The third-order valence-corrected chi connectivity index (χ3v) is 6.85. The Morgan fingerprint density at radius 3 is 2.21 bits per heavy atom. The number of rotatable bonds is 4. The standard InChI is InChI=1S/C25H21O2P/c1-17-15-19-9-6-7-14-23(19)18(2)24(17)25(26)20-10-8-13-22(16-20)28(27)21-11-4-3-5-12-21/h3-16,28H,1-2H3. The molecular formula is C25H21O2P. The summed E-state index contributed by atoms with van der Waals surface area (Å²) in [4.78, 5) is 13.4. The number of hydrogen-bond donors (Lipinski definition) is 0. The number of ketones is 1. The van der Waals surface area contributed by atoms with Crippen LogP contribution in [0.2, 0.25) is 0 Å².